The molecule has 26 heavy (non-hydrogen) atoms. The SMILES string of the molecule is CCCCCS(=O)(=O)CC(=O)N(CC)C1CCN(c2ccccc2)C1=O. The van der Waals surface area contributed by atoms with Crippen molar-refractivity contribution in [3.63, 3.8) is 0 Å². The predicted octanol–water partition coefficient (Wildman–Crippen LogP) is 2.25. The van der Waals surface area contributed by atoms with Crippen molar-refractivity contribution in [2.45, 2.75) is 45.6 Å². The fourth-order valence-electron chi connectivity index (χ4n) is 3.30. The van der Waals surface area contributed by atoms with Crippen molar-refractivity contribution in [1.82, 2.24) is 4.90 Å². The van der Waals surface area contributed by atoms with E-state index in [2.05, 4.69) is 0 Å². The molecule has 6 nitrogen and oxygen atoms in total. The van der Waals surface area contributed by atoms with Crippen LogP contribution in [0.2, 0.25) is 0 Å². The lowest BCUT2D eigenvalue weighted by Gasteiger charge is -2.27. The molecule has 1 aliphatic rings. The van der Waals surface area contributed by atoms with Crippen molar-refractivity contribution in [3.8, 4) is 0 Å². The van der Waals surface area contributed by atoms with Crippen LogP contribution in [0.15, 0.2) is 30.3 Å². The van der Waals surface area contributed by atoms with Crippen LogP contribution < -0.4 is 4.90 Å². The first-order valence-corrected chi connectivity index (χ1v) is 11.1. The monoisotopic (exact) mass is 380 g/mol. The molecule has 1 aromatic carbocycles. The van der Waals surface area contributed by atoms with E-state index in [9.17, 15) is 18.0 Å². The Morgan fingerprint density at radius 1 is 1.19 bits per heavy atom. The van der Waals surface area contributed by atoms with Crippen molar-refractivity contribution < 1.29 is 18.0 Å². The molecule has 0 N–H and O–H groups in total. The third-order valence-electron chi connectivity index (χ3n) is 4.68. The maximum atomic E-state index is 12.8. The van der Waals surface area contributed by atoms with E-state index in [0.717, 1.165) is 18.5 Å². The van der Waals surface area contributed by atoms with Crippen LogP contribution in [-0.2, 0) is 19.4 Å². The Morgan fingerprint density at radius 2 is 1.88 bits per heavy atom. The first-order chi connectivity index (χ1) is 12.4. The number of rotatable bonds is 9. The number of hydrogen-bond donors (Lipinski definition) is 0. The zero-order valence-electron chi connectivity index (χ0n) is 15.6. The molecule has 0 aliphatic carbocycles. The zero-order chi connectivity index (χ0) is 19.2. The highest BCUT2D eigenvalue weighted by Gasteiger charge is 2.38. The Hall–Kier alpha value is -1.89. The minimum absolute atomic E-state index is 0.0267. The van der Waals surface area contributed by atoms with Gasteiger partial charge in [-0.15, -0.1) is 0 Å². The van der Waals surface area contributed by atoms with Gasteiger partial charge in [0.25, 0.3) is 0 Å². The van der Waals surface area contributed by atoms with Crippen LogP contribution >= 0.6 is 0 Å². The summed E-state index contributed by atoms with van der Waals surface area (Å²) < 4.78 is 24.4. The summed E-state index contributed by atoms with van der Waals surface area (Å²) in [7, 11) is -3.44. The molecule has 0 spiro atoms. The summed E-state index contributed by atoms with van der Waals surface area (Å²) in [6.45, 7) is 4.63. The third kappa shape index (κ3) is 5.06. The molecule has 1 heterocycles. The van der Waals surface area contributed by atoms with Gasteiger partial charge in [0.15, 0.2) is 9.84 Å². The number of para-hydroxylation sites is 1. The first-order valence-electron chi connectivity index (χ1n) is 9.26. The fraction of sp³-hybridized carbons (Fsp3) is 0.579. The molecular weight excluding hydrogens is 352 g/mol. The quantitative estimate of drug-likeness (QED) is 0.616. The highest BCUT2D eigenvalue weighted by Crippen LogP contribution is 2.24. The summed E-state index contributed by atoms with van der Waals surface area (Å²) in [6, 6.07) is 8.74. The maximum Gasteiger partial charge on any atom is 0.249 e. The van der Waals surface area contributed by atoms with Gasteiger partial charge in [-0.25, -0.2) is 8.42 Å². The molecule has 1 saturated heterocycles. The third-order valence-corrected chi connectivity index (χ3v) is 6.28. The molecular formula is C19H28N2O4S. The number of carbonyl (C=O) groups is 2. The first kappa shape index (κ1) is 20.4. The fourth-order valence-corrected chi connectivity index (χ4v) is 4.63. The van der Waals surface area contributed by atoms with Crippen LogP contribution in [0.1, 0.15) is 39.5 Å². The van der Waals surface area contributed by atoms with Crippen molar-refractivity contribution >= 4 is 27.3 Å². The van der Waals surface area contributed by atoms with E-state index in [4.69, 9.17) is 0 Å². The molecule has 0 aromatic heterocycles. The topological polar surface area (TPSA) is 74.8 Å². The van der Waals surface area contributed by atoms with Crippen LogP contribution in [0.3, 0.4) is 0 Å². The van der Waals surface area contributed by atoms with Crippen LogP contribution in [0, 0.1) is 0 Å². The smallest absolute Gasteiger partial charge is 0.249 e. The van der Waals surface area contributed by atoms with Gasteiger partial charge < -0.3 is 9.80 Å². The summed E-state index contributed by atoms with van der Waals surface area (Å²) in [5.41, 5.74) is 0.802. The average Bonchev–Trinajstić information content (AvgIpc) is 2.97. The lowest BCUT2D eigenvalue weighted by Crippen LogP contribution is -2.47. The van der Waals surface area contributed by atoms with E-state index in [-0.39, 0.29) is 11.7 Å². The van der Waals surface area contributed by atoms with E-state index in [1.165, 1.54) is 4.90 Å². The second kappa shape index (κ2) is 9.16. The summed E-state index contributed by atoms with van der Waals surface area (Å²) in [5.74, 6) is -1.11. The number of hydrogen-bond acceptors (Lipinski definition) is 4. The molecule has 1 aromatic rings. The molecule has 2 rings (SSSR count). The second-order valence-electron chi connectivity index (χ2n) is 6.61. The van der Waals surface area contributed by atoms with Crippen molar-refractivity contribution in [2.75, 3.05) is 29.5 Å². The van der Waals surface area contributed by atoms with E-state index < -0.39 is 27.5 Å². The summed E-state index contributed by atoms with van der Waals surface area (Å²) >= 11 is 0. The van der Waals surface area contributed by atoms with Gasteiger partial charge in [-0.05, 0) is 31.9 Å². The zero-order valence-corrected chi connectivity index (χ0v) is 16.4. The van der Waals surface area contributed by atoms with E-state index in [1.807, 2.05) is 37.3 Å². The second-order valence-corrected chi connectivity index (χ2v) is 8.79. The number of likely N-dealkylation sites (N-methyl/N-ethyl adjacent to an activating group) is 1. The van der Waals surface area contributed by atoms with Crippen LogP contribution in [0.4, 0.5) is 5.69 Å². The van der Waals surface area contributed by atoms with E-state index in [0.29, 0.717) is 25.9 Å². The van der Waals surface area contributed by atoms with Gasteiger partial charge in [-0.2, -0.15) is 0 Å². The molecule has 0 saturated carbocycles. The number of amides is 2. The Morgan fingerprint density at radius 3 is 2.50 bits per heavy atom. The lowest BCUT2D eigenvalue weighted by molar-refractivity contribution is -0.135. The van der Waals surface area contributed by atoms with Crippen LogP contribution in [0.25, 0.3) is 0 Å². The average molecular weight is 381 g/mol. The number of carbonyl (C=O) groups excluding carboxylic acids is 2. The van der Waals surface area contributed by atoms with Crippen LogP contribution in [0.5, 0.6) is 0 Å². The van der Waals surface area contributed by atoms with Gasteiger partial charge in [-0.3, -0.25) is 9.59 Å². The standard InChI is InChI=1S/C19H28N2O4S/c1-3-5-9-14-26(24,25)15-18(22)20(4-2)17-12-13-21(19(17)23)16-10-7-6-8-11-16/h6-8,10-11,17H,3-5,9,12-15H2,1-2H3. The molecule has 0 radical (unpaired) electrons. The van der Waals surface area contributed by atoms with Crippen molar-refractivity contribution in [3.05, 3.63) is 30.3 Å². The summed E-state index contributed by atoms with van der Waals surface area (Å²) in [6.07, 6.45) is 2.85. The number of nitrogens with zero attached hydrogens (tertiary/aromatic N) is 2. The number of unbranched alkanes of at least 4 members (excludes halogenated alkanes) is 2. The Bertz CT molecular complexity index is 718. The van der Waals surface area contributed by atoms with E-state index in [1.54, 1.807) is 11.8 Å². The molecule has 1 unspecified atom stereocenters. The van der Waals surface area contributed by atoms with Gasteiger partial charge >= 0.3 is 0 Å². The Kier molecular flexibility index (Phi) is 7.20. The van der Waals surface area contributed by atoms with Gasteiger partial charge in [-0.1, -0.05) is 38.0 Å². The number of benzene rings is 1. The van der Waals surface area contributed by atoms with Gasteiger partial charge in [0.2, 0.25) is 11.8 Å². The van der Waals surface area contributed by atoms with Crippen molar-refractivity contribution in [2.24, 2.45) is 0 Å². The van der Waals surface area contributed by atoms with Gasteiger partial charge in [0.1, 0.15) is 11.8 Å². The summed E-state index contributed by atoms with van der Waals surface area (Å²) in [5, 5.41) is 0. The van der Waals surface area contributed by atoms with Gasteiger partial charge in [0, 0.05) is 18.8 Å². The molecule has 0 bridgehead atoms. The van der Waals surface area contributed by atoms with Gasteiger partial charge in [0.05, 0.1) is 5.75 Å². The highest BCUT2D eigenvalue weighted by molar-refractivity contribution is 7.92. The molecule has 2 amide bonds. The lowest BCUT2D eigenvalue weighted by atomic mass is 10.2. The number of sulfone groups is 1. The molecule has 7 heteroatoms. The molecule has 1 aliphatic heterocycles. The Labute approximate surface area is 156 Å². The largest absolute Gasteiger partial charge is 0.330 e. The minimum atomic E-state index is -3.44. The molecule has 144 valence electrons. The minimum Gasteiger partial charge on any atom is -0.330 e. The molecule has 1 fully saturated rings. The number of anilines is 1. The summed E-state index contributed by atoms with van der Waals surface area (Å²) in [4.78, 5) is 28.4. The predicted molar refractivity (Wildman–Crippen MR) is 103 cm³/mol. The highest BCUT2D eigenvalue weighted by atomic mass is 32.2. The molecule has 1 atom stereocenters. The van der Waals surface area contributed by atoms with Crippen LogP contribution in [-0.4, -0.2) is 55.8 Å². The Balaban J connectivity index is 2.04. The normalized spacial score (nSPS) is 17.5. The van der Waals surface area contributed by atoms with Crippen molar-refractivity contribution in [1.29, 1.82) is 0 Å². The van der Waals surface area contributed by atoms with E-state index >= 15 is 0 Å². The maximum absolute atomic E-state index is 12.8.